The second-order valence-electron chi connectivity index (χ2n) is 5.12. The van der Waals surface area contributed by atoms with Crippen molar-refractivity contribution in [1.82, 2.24) is 10.3 Å². The number of carboxylic acid groups (broad SMARTS) is 1. The summed E-state index contributed by atoms with van der Waals surface area (Å²) in [5.41, 5.74) is 0.0422. The Morgan fingerprint density at radius 1 is 1.53 bits per heavy atom. The van der Waals surface area contributed by atoms with Crippen LogP contribution in [0.15, 0.2) is 5.38 Å². The zero-order chi connectivity index (χ0) is 13.8. The average Bonchev–Trinajstić information content (AvgIpc) is 2.85. The highest BCUT2D eigenvalue weighted by atomic mass is 32.1. The number of amides is 1. The van der Waals surface area contributed by atoms with Crippen LogP contribution in [0.3, 0.4) is 0 Å². The van der Waals surface area contributed by atoms with E-state index in [1.165, 1.54) is 23.1 Å². The molecule has 6 heteroatoms. The summed E-state index contributed by atoms with van der Waals surface area (Å²) in [5, 5.41) is 13.7. The molecule has 0 saturated heterocycles. The highest BCUT2D eigenvalue weighted by Gasteiger charge is 2.24. The summed E-state index contributed by atoms with van der Waals surface area (Å²) in [5.74, 6) is -0.251. The maximum absolute atomic E-state index is 12.0. The molecule has 0 radical (unpaired) electrons. The monoisotopic (exact) mass is 282 g/mol. The number of aromatic carboxylic acids is 1. The summed E-state index contributed by atoms with van der Waals surface area (Å²) in [6, 6.07) is 0. The van der Waals surface area contributed by atoms with Crippen LogP contribution in [-0.2, 0) is 11.3 Å². The van der Waals surface area contributed by atoms with Gasteiger partial charge in [-0.25, -0.2) is 9.78 Å². The van der Waals surface area contributed by atoms with Crippen molar-refractivity contribution in [3.63, 3.8) is 0 Å². The van der Waals surface area contributed by atoms with E-state index in [9.17, 15) is 9.59 Å². The Labute approximate surface area is 116 Å². The molecule has 0 aliphatic heterocycles. The summed E-state index contributed by atoms with van der Waals surface area (Å²) in [6.07, 6.45) is 4.22. The van der Waals surface area contributed by atoms with Gasteiger partial charge in [-0.2, -0.15) is 0 Å². The lowest BCUT2D eigenvalue weighted by atomic mass is 9.82. The molecule has 2 atom stereocenters. The minimum atomic E-state index is -1.03. The third-order valence-electron chi connectivity index (χ3n) is 3.49. The molecular formula is C13H18N2O3S. The fourth-order valence-corrected chi connectivity index (χ4v) is 3.18. The van der Waals surface area contributed by atoms with Crippen molar-refractivity contribution < 1.29 is 14.7 Å². The lowest BCUT2D eigenvalue weighted by molar-refractivity contribution is -0.126. The molecule has 0 bridgehead atoms. The molecule has 1 heterocycles. The van der Waals surface area contributed by atoms with E-state index in [1.54, 1.807) is 0 Å². The highest BCUT2D eigenvalue weighted by molar-refractivity contribution is 7.09. The molecule has 1 aromatic rings. The van der Waals surface area contributed by atoms with E-state index in [2.05, 4.69) is 17.2 Å². The first kappa shape index (κ1) is 14.0. The van der Waals surface area contributed by atoms with Gasteiger partial charge >= 0.3 is 5.97 Å². The Morgan fingerprint density at radius 2 is 2.32 bits per heavy atom. The van der Waals surface area contributed by atoms with Gasteiger partial charge in [-0.1, -0.05) is 19.8 Å². The van der Waals surface area contributed by atoms with E-state index in [4.69, 9.17) is 5.11 Å². The molecule has 19 heavy (non-hydrogen) atoms. The first-order valence-corrected chi connectivity index (χ1v) is 7.39. The summed E-state index contributed by atoms with van der Waals surface area (Å²) < 4.78 is 0. The van der Waals surface area contributed by atoms with Crippen molar-refractivity contribution >= 4 is 23.2 Å². The predicted molar refractivity (Wildman–Crippen MR) is 72.0 cm³/mol. The van der Waals surface area contributed by atoms with Crippen molar-refractivity contribution in [2.45, 2.75) is 39.2 Å². The predicted octanol–water partition coefficient (Wildman–Crippen LogP) is 2.28. The van der Waals surface area contributed by atoms with Gasteiger partial charge in [0.25, 0.3) is 0 Å². The van der Waals surface area contributed by atoms with Crippen LogP contribution in [0.1, 0.15) is 48.1 Å². The Hall–Kier alpha value is -1.43. The van der Waals surface area contributed by atoms with Crippen LogP contribution in [0, 0.1) is 11.8 Å². The van der Waals surface area contributed by atoms with Gasteiger partial charge in [0.05, 0.1) is 6.54 Å². The smallest absolute Gasteiger partial charge is 0.355 e. The normalized spacial score (nSPS) is 23.0. The number of carbonyl (C=O) groups is 2. The van der Waals surface area contributed by atoms with E-state index >= 15 is 0 Å². The van der Waals surface area contributed by atoms with Crippen LogP contribution in [0.2, 0.25) is 0 Å². The standard InChI is InChI=1S/C13H18N2O3S/c1-8-3-2-4-9(5-8)12(16)14-6-11-15-10(7-19-11)13(17)18/h7-9H,2-6H2,1H3,(H,14,16)(H,17,18)/t8-,9-/m1/s1. The Morgan fingerprint density at radius 3 is 2.95 bits per heavy atom. The first-order valence-electron chi connectivity index (χ1n) is 6.51. The number of thiazole rings is 1. The van der Waals surface area contributed by atoms with Crippen LogP contribution >= 0.6 is 11.3 Å². The van der Waals surface area contributed by atoms with Gasteiger partial charge in [0.1, 0.15) is 5.01 Å². The minimum absolute atomic E-state index is 0.0422. The van der Waals surface area contributed by atoms with Crippen LogP contribution in [0.5, 0.6) is 0 Å². The van der Waals surface area contributed by atoms with Crippen LogP contribution < -0.4 is 5.32 Å². The summed E-state index contributed by atoms with van der Waals surface area (Å²) in [7, 11) is 0. The number of nitrogens with zero attached hydrogens (tertiary/aromatic N) is 1. The van der Waals surface area contributed by atoms with Crippen molar-refractivity contribution in [3.8, 4) is 0 Å². The van der Waals surface area contributed by atoms with Gasteiger partial charge in [0, 0.05) is 11.3 Å². The van der Waals surface area contributed by atoms with Gasteiger partial charge < -0.3 is 10.4 Å². The summed E-state index contributed by atoms with van der Waals surface area (Å²) in [6.45, 7) is 2.50. The van der Waals surface area contributed by atoms with E-state index in [-0.39, 0.29) is 17.5 Å². The van der Waals surface area contributed by atoms with Crippen molar-refractivity contribution in [3.05, 3.63) is 16.1 Å². The molecule has 104 valence electrons. The van der Waals surface area contributed by atoms with Crippen molar-refractivity contribution in [2.24, 2.45) is 11.8 Å². The molecule has 2 N–H and O–H groups in total. The maximum atomic E-state index is 12.0. The maximum Gasteiger partial charge on any atom is 0.355 e. The SMILES string of the molecule is C[C@@H]1CCC[C@@H](C(=O)NCc2nc(C(=O)O)cs2)C1. The van der Waals surface area contributed by atoms with Gasteiger partial charge in [-0.3, -0.25) is 4.79 Å². The molecule has 2 rings (SSSR count). The molecule has 1 aliphatic rings. The molecule has 0 spiro atoms. The number of hydrogen-bond donors (Lipinski definition) is 2. The Kier molecular flexibility index (Phi) is 4.52. The fraction of sp³-hybridized carbons (Fsp3) is 0.615. The second kappa shape index (κ2) is 6.14. The minimum Gasteiger partial charge on any atom is -0.476 e. The van der Waals surface area contributed by atoms with Crippen LogP contribution in [0.4, 0.5) is 0 Å². The van der Waals surface area contributed by atoms with Gasteiger partial charge in [0.2, 0.25) is 5.91 Å². The lowest BCUT2D eigenvalue weighted by Crippen LogP contribution is -2.33. The van der Waals surface area contributed by atoms with Crippen molar-refractivity contribution in [2.75, 3.05) is 0 Å². The highest BCUT2D eigenvalue weighted by Crippen LogP contribution is 2.28. The van der Waals surface area contributed by atoms with E-state index in [1.807, 2.05) is 0 Å². The molecular weight excluding hydrogens is 264 g/mol. The van der Waals surface area contributed by atoms with Gasteiger partial charge in [-0.05, 0) is 18.8 Å². The number of hydrogen-bond acceptors (Lipinski definition) is 4. The molecule has 1 aromatic heterocycles. The number of rotatable bonds is 4. The summed E-state index contributed by atoms with van der Waals surface area (Å²) in [4.78, 5) is 26.6. The van der Waals surface area contributed by atoms with Crippen molar-refractivity contribution in [1.29, 1.82) is 0 Å². The number of carboxylic acids is 1. The third-order valence-corrected chi connectivity index (χ3v) is 4.34. The van der Waals surface area contributed by atoms with E-state index in [0.717, 1.165) is 19.3 Å². The lowest BCUT2D eigenvalue weighted by Gasteiger charge is -2.25. The third kappa shape index (κ3) is 3.76. The quantitative estimate of drug-likeness (QED) is 0.888. The topological polar surface area (TPSA) is 79.3 Å². The largest absolute Gasteiger partial charge is 0.476 e. The summed E-state index contributed by atoms with van der Waals surface area (Å²) >= 11 is 1.26. The Balaban J connectivity index is 1.84. The van der Waals surface area contributed by atoms with E-state index < -0.39 is 5.97 Å². The number of carbonyl (C=O) groups excluding carboxylic acids is 1. The van der Waals surface area contributed by atoms with Crippen LogP contribution in [-0.4, -0.2) is 22.0 Å². The second-order valence-corrected chi connectivity index (χ2v) is 6.06. The number of aromatic nitrogens is 1. The molecule has 1 fully saturated rings. The zero-order valence-electron chi connectivity index (χ0n) is 10.9. The molecule has 0 aromatic carbocycles. The van der Waals surface area contributed by atoms with Gasteiger partial charge in [0.15, 0.2) is 5.69 Å². The van der Waals surface area contributed by atoms with E-state index in [0.29, 0.717) is 17.5 Å². The fourth-order valence-electron chi connectivity index (χ4n) is 2.47. The molecule has 1 saturated carbocycles. The number of nitrogens with one attached hydrogen (secondary N) is 1. The average molecular weight is 282 g/mol. The molecule has 1 amide bonds. The van der Waals surface area contributed by atoms with Gasteiger partial charge in [-0.15, -0.1) is 11.3 Å². The molecule has 5 nitrogen and oxygen atoms in total. The molecule has 1 aliphatic carbocycles. The van der Waals surface area contributed by atoms with Crippen LogP contribution in [0.25, 0.3) is 0 Å². The Bertz CT molecular complexity index is 472. The zero-order valence-corrected chi connectivity index (χ0v) is 11.7. The first-order chi connectivity index (χ1) is 9.06. The molecule has 0 unspecified atom stereocenters.